The largest absolute Gasteiger partial charge is 0.378 e. The van der Waals surface area contributed by atoms with E-state index in [1.54, 1.807) is 11.0 Å². The van der Waals surface area contributed by atoms with Crippen LogP contribution in [0.25, 0.3) is 0 Å². The lowest BCUT2D eigenvalue weighted by molar-refractivity contribution is -0.129. The molecule has 2 heterocycles. The van der Waals surface area contributed by atoms with Gasteiger partial charge in [-0.05, 0) is 30.7 Å². The number of ether oxygens (including phenoxy) is 1. The summed E-state index contributed by atoms with van der Waals surface area (Å²) >= 11 is 6.20. The van der Waals surface area contributed by atoms with Gasteiger partial charge in [-0.3, -0.25) is 9.59 Å². The summed E-state index contributed by atoms with van der Waals surface area (Å²) in [5.74, 6) is -0.533. The molecule has 158 valence electrons. The zero-order valence-electron chi connectivity index (χ0n) is 17.0. The first-order valence-corrected chi connectivity index (χ1v) is 10.7. The number of nitrogens with one attached hydrogen (secondary N) is 1. The summed E-state index contributed by atoms with van der Waals surface area (Å²) in [6.07, 6.45) is 0.219. The minimum atomic E-state index is -0.389. The number of anilines is 2. The first-order chi connectivity index (χ1) is 14.5. The van der Waals surface area contributed by atoms with Crippen molar-refractivity contribution in [3.8, 4) is 0 Å². The van der Waals surface area contributed by atoms with Gasteiger partial charge in [0.2, 0.25) is 11.8 Å². The summed E-state index contributed by atoms with van der Waals surface area (Å²) < 4.78 is 5.43. The summed E-state index contributed by atoms with van der Waals surface area (Å²) in [4.78, 5) is 29.6. The zero-order chi connectivity index (χ0) is 21.1. The smallest absolute Gasteiger partial charge is 0.229 e. The van der Waals surface area contributed by atoms with Crippen LogP contribution in [0.4, 0.5) is 11.4 Å². The molecule has 0 saturated carbocycles. The Morgan fingerprint density at radius 1 is 1.17 bits per heavy atom. The van der Waals surface area contributed by atoms with Gasteiger partial charge in [-0.1, -0.05) is 41.9 Å². The lowest BCUT2D eigenvalue weighted by atomic mass is 10.1. The van der Waals surface area contributed by atoms with E-state index < -0.39 is 0 Å². The van der Waals surface area contributed by atoms with Crippen molar-refractivity contribution in [1.29, 1.82) is 0 Å². The van der Waals surface area contributed by atoms with Crippen molar-refractivity contribution in [2.75, 3.05) is 43.1 Å². The van der Waals surface area contributed by atoms with Gasteiger partial charge in [-0.15, -0.1) is 0 Å². The molecule has 2 aliphatic rings. The topological polar surface area (TPSA) is 61.9 Å². The number of nitrogens with zero attached hydrogens (tertiary/aromatic N) is 2. The highest BCUT2D eigenvalue weighted by Crippen LogP contribution is 2.32. The van der Waals surface area contributed by atoms with Crippen LogP contribution in [0.5, 0.6) is 0 Å². The van der Waals surface area contributed by atoms with E-state index in [9.17, 15) is 9.59 Å². The Morgan fingerprint density at radius 3 is 2.63 bits per heavy atom. The molecule has 2 aromatic rings. The highest BCUT2D eigenvalue weighted by atomic mass is 35.5. The molecule has 0 bridgehead atoms. The van der Waals surface area contributed by atoms with E-state index in [2.05, 4.69) is 10.2 Å². The molecule has 0 aromatic heterocycles. The molecule has 0 aliphatic carbocycles. The van der Waals surface area contributed by atoms with E-state index in [1.807, 2.05) is 49.4 Å². The minimum absolute atomic E-state index is 0.00556. The Labute approximate surface area is 181 Å². The lowest BCUT2D eigenvalue weighted by Gasteiger charge is -2.31. The van der Waals surface area contributed by atoms with E-state index >= 15 is 0 Å². The van der Waals surface area contributed by atoms with Crippen molar-refractivity contribution < 1.29 is 14.3 Å². The second-order valence-corrected chi connectivity index (χ2v) is 8.22. The van der Waals surface area contributed by atoms with Gasteiger partial charge in [0.1, 0.15) is 0 Å². The van der Waals surface area contributed by atoms with E-state index in [-0.39, 0.29) is 30.2 Å². The fourth-order valence-electron chi connectivity index (χ4n) is 4.12. The van der Waals surface area contributed by atoms with Gasteiger partial charge < -0.3 is 19.9 Å². The maximum atomic E-state index is 13.0. The van der Waals surface area contributed by atoms with E-state index in [0.717, 1.165) is 24.3 Å². The fraction of sp³-hybridized carbons (Fsp3) is 0.391. The Bertz CT molecular complexity index is 915. The number of rotatable bonds is 5. The molecule has 7 heteroatoms. The number of amides is 2. The molecule has 2 amide bonds. The summed E-state index contributed by atoms with van der Waals surface area (Å²) in [5, 5.41) is 3.59. The molecule has 2 fully saturated rings. The van der Waals surface area contributed by atoms with E-state index in [4.69, 9.17) is 16.3 Å². The summed E-state index contributed by atoms with van der Waals surface area (Å²) in [6.45, 7) is 5.23. The number of carbonyl (C=O) groups excluding carboxylic acids is 2. The quantitative estimate of drug-likeness (QED) is 0.789. The third kappa shape index (κ3) is 4.45. The zero-order valence-corrected chi connectivity index (χ0v) is 17.8. The number of hydrogen-bond acceptors (Lipinski definition) is 4. The number of halogens is 1. The monoisotopic (exact) mass is 427 g/mol. The van der Waals surface area contributed by atoms with Crippen molar-refractivity contribution in [1.82, 2.24) is 4.90 Å². The molecule has 0 spiro atoms. The standard InChI is InChI=1S/C23H26ClN3O3/c1-16(17-5-3-2-4-6-17)27-15-18(13-22(27)28)23(29)25-20-14-19(24)7-8-21(20)26-9-11-30-12-10-26/h2-8,14,16,18H,9-13,15H2,1H3,(H,25,29)/t16-,18+/m0/s1. The molecular formula is C23H26ClN3O3. The normalized spacial score (nSPS) is 20.3. The molecule has 0 radical (unpaired) electrons. The highest BCUT2D eigenvalue weighted by molar-refractivity contribution is 6.31. The van der Waals surface area contributed by atoms with Crippen LogP contribution in [0, 0.1) is 5.92 Å². The molecule has 6 nitrogen and oxygen atoms in total. The SMILES string of the molecule is C[C@@H](c1ccccc1)N1C[C@H](C(=O)Nc2cc(Cl)ccc2N2CCOCC2)CC1=O. The van der Waals surface area contributed by atoms with Gasteiger partial charge in [0, 0.05) is 31.1 Å². The van der Waals surface area contributed by atoms with Crippen molar-refractivity contribution in [3.63, 3.8) is 0 Å². The molecule has 30 heavy (non-hydrogen) atoms. The first-order valence-electron chi connectivity index (χ1n) is 10.3. The van der Waals surface area contributed by atoms with Crippen LogP contribution in [0.2, 0.25) is 5.02 Å². The van der Waals surface area contributed by atoms with Crippen LogP contribution < -0.4 is 10.2 Å². The number of carbonyl (C=O) groups is 2. The maximum Gasteiger partial charge on any atom is 0.229 e. The fourth-order valence-corrected chi connectivity index (χ4v) is 4.29. The predicted molar refractivity (Wildman–Crippen MR) is 118 cm³/mol. The number of hydrogen-bond donors (Lipinski definition) is 1. The molecule has 2 aromatic carbocycles. The Kier molecular flexibility index (Phi) is 6.25. The van der Waals surface area contributed by atoms with Gasteiger partial charge in [0.25, 0.3) is 0 Å². The molecule has 2 atom stereocenters. The van der Waals surface area contributed by atoms with Crippen LogP contribution in [0.15, 0.2) is 48.5 Å². The third-order valence-electron chi connectivity index (χ3n) is 5.85. The van der Waals surface area contributed by atoms with Crippen molar-refractivity contribution in [2.24, 2.45) is 5.92 Å². The third-order valence-corrected chi connectivity index (χ3v) is 6.08. The van der Waals surface area contributed by atoms with E-state index in [1.165, 1.54) is 0 Å². The summed E-state index contributed by atoms with van der Waals surface area (Å²) in [5.41, 5.74) is 2.67. The summed E-state index contributed by atoms with van der Waals surface area (Å²) in [6, 6.07) is 15.3. The predicted octanol–water partition coefficient (Wildman–Crippen LogP) is 3.72. The Balaban J connectivity index is 1.47. The highest BCUT2D eigenvalue weighted by Gasteiger charge is 2.37. The molecular weight excluding hydrogens is 402 g/mol. The van der Waals surface area contributed by atoms with Crippen molar-refractivity contribution >= 4 is 34.8 Å². The van der Waals surface area contributed by atoms with Gasteiger partial charge in [-0.2, -0.15) is 0 Å². The number of likely N-dealkylation sites (tertiary alicyclic amines) is 1. The number of benzene rings is 2. The van der Waals surface area contributed by atoms with Crippen molar-refractivity contribution in [2.45, 2.75) is 19.4 Å². The van der Waals surface area contributed by atoms with Gasteiger partial charge in [0.15, 0.2) is 0 Å². The average Bonchev–Trinajstić information content (AvgIpc) is 3.16. The van der Waals surface area contributed by atoms with Gasteiger partial charge >= 0.3 is 0 Å². The van der Waals surface area contributed by atoms with Crippen LogP contribution in [-0.4, -0.2) is 49.6 Å². The van der Waals surface area contributed by atoms with Gasteiger partial charge in [-0.25, -0.2) is 0 Å². The molecule has 2 saturated heterocycles. The second kappa shape index (κ2) is 9.06. The van der Waals surface area contributed by atoms with Crippen molar-refractivity contribution in [3.05, 3.63) is 59.1 Å². The number of morpholine rings is 1. The summed E-state index contributed by atoms with van der Waals surface area (Å²) in [7, 11) is 0. The average molecular weight is 428 g/mol. The molecule has 4 rings (SSSR count). The Morgan fingerprint density at radius 2 is 1.90 bits per heavy atom. The van der Waals surface area contributed by atoms with Crippen LogP contribution >= 0.6 is 11.6 Å². The molecule has 0 unspecified atom stereocenters. The van der Waals surface area contributed by atoms with Crippen LogP contribution in [0.3, 0.4) is 0 Å². The second-order valence-electron chi connectivity index (χ2n) is 7.78. The van der Waals surface area contributed by atoms with Crippen LogP contribution in [0.1, 0.15) is 24.9 Å². The molecule has 1 N–H and O–H groups in total. The maximum absolute atomic E-state index is 13.0. The lowest BCUT2D eigenvalue weighted by Crippen LogP contribution is -2.37. The molecule has 2 aliphatic heterocycles. The minimum Gasteiger partial charge on any atom is -0.378 e. The Hall–Kier alpha value is -2.57. The van der Waals surface area contributed by atoms with Gasteiger partial charge in [0.05, 0.1) is 36.5 Å². The van der Waals surface area contributed by atoms with Crippen LogP contribution in [-0.2, 0) is 14.3 Å². The van der Waals surface area contributed by atoms with E-state index in [0.29, 0.717) is 30.5 Å². The first kappa shape index (κ1) is 20.7.